The van der Waals surface area contributed by atoms with E-state index in [1.165, 1.54) is 18.5 Å². The van der Waals surface area contributed by atoms with Crippen molar-refractivity contribution in [1.29, 1.82) is 0 Å². The molecule has 1 aromatic rings. The first-order chi connectivity index (χ1) is 9.79. The number of piperazine rings is 1. The van der Waals surface area contributed by atoms with Crippen LogP contribution in [0.5, 0.6) is 5.88 Å². The number of nitrogens with one attached hydrogen (secondary N) is 1. The molecule has 1 saturated carbocycles. The summed E-state index contributed by atoms with van der Waals surface area (Å²) in [4.78, 5) is 6.83. The van der Waals surface area contributed by atoms with Crippen molar-refractivity contribution in [3.63, 3.8) is 0 Å². The predicted molar refractivity (Wildman–Crippen MR) is 83.3 cm³/mol. The second-order valence-electron chi connectivity index (χ2n) is 6.17. The van der Waals surface area contributed by atoms with Crippen molar-refractivity contribution in [2.75, 3.05) is 18.0 Å². The van der Waals surface area contributed by atoms with E-state index in [0.717, 1.165) is 25.9 Å². The van der Waals surface area contributed by atoms with E-state index in [2.05, 4.69) is 27.3 Å². The Hall–Kier alpha value is -1.04. The number of hydrogen-bond donors (Lipinski definition) is 2. The fraction of sp³-hybridized carbons (Fsp3) is 0.667. The van der Waals surface area contributed by atoms with Crippen LogP contribution in [0.15, 0.2) is 18.3 Å². The van der Waals surface area contributed by atoms with Gasteiger partial charge in [0.2, 0.25) is 5.88 Å². The van der Waals surface area contributed by atoms with Crippen LogP contribution in [-0.4, -0.2) is 47.5 Å². The van der Waals surface area contributed by atoms with Gasteiger partial charge in [-0.1, -0.05) is 0 Å². The van der Waals surface area contributed by atoms with Crippen LogP contribution < -0.4 is 15.0 Å². The molecular formula is C15H22ClN3O2. The van der Waals surface area contributed by atoms with E-state index in [1.807, 2.05) is 6.20 Å². The summed E-state index contributed by atoms with van der Waals surface area (Å²) in [5.74, 6) is 0.692. The normalized spacial score (nSPS) is 34.0. The third-order valence-corrected chi connectivity index (χ3v) is 4.75. The Bertz CT molecular complexity index is 480. The molecule has 116 valence electrons. The second kappa shape index (κ2) is 5.99. The van der Waals surface area contributed by atoms with Gasteiger partial charge in [-0.05, 0) is 18.9 Å². The summed E-state index contributed by atoms with van der Waals surface area (Å²) in [5.41, 5.74) is 1.23. The number of pyridine rings is 1. The quantitative estimate of drug-likeness (QED) is 0.882. The topological polar surface area (TPSA) is 57.6 Å². The average molecular weight is 312 g/mol. The molecule has 0 aromatic carbocycles. The van der Waals surface area contributed by atoms with Crippen LogP contribution in [0.3, 0.4) is 0 Å². The molecule has 21 heavy (non-hydrogen) atoms. The molecule has 0 radical (unpaired) electrons. The lowest BCUT2D eigenvalue weighted by Gasteiger charge is -2.37. The van der Waals surface area contributed by atoms with Crippen molar-refractivity contribution < 1.29 is 9.84 Å². The maximum Gasteiger partial charge on any atom is 0.215 e. The Morgan fingerprint density at radius 1 is 1.24 bits per heavy atom. The summed E-state index contributed by atoms with van der Waals surface area (Å²) in [6.45, 7) is 2.15. The molecule has 2 bridgehead atoms. The van der Waals surface area contributed by atoms with Gasteiger partial charge in [0.25, 0.3) is 0 Å². The van der Waals surface area contributed by atoms with Crippen molar-refractivity contribution in [1.82, 2.24) is 10.3 Å². The van der Waals surface area contributed by atoms with E-state index in [-0.39, 0.29) is 24.6 Å². The largest absolute Gasteiger partial charge is 0.474 e. The van der Waals surface area contributed by atoms with Gasteiger partial charge in [-0.3, -0.25) is 0 Å². The minimum Gasteiger partial charge on any atom is -0.474 e. The third-order valence-electron chi connectivity index (χ3n) is 4.75. The number of nitrogens with zero attached hydrogens (tertiary/aromatic N) is 2. The number of halogens is 1. The fourth-order valence-electron chi connectivity index (χ4n) is 3.63. The Morgan fingerprint density at radius 3 is 2.62 bits per heavy atom. The molecule has 6 heteroatoms. The summed E-state index contributed by atoms with van der Waals surface area (Å²) in [6, 6.07) is 5.35. The van der Waals surface area contributed by atoms with E-state index in [1.54, 1.807) is 0 Å². The summed E-state index contributed by atoms with van der Waals surface area (Å²) >= 11 is 0. The molecule has 5 nitrogen and oxygen atoms in total. The number of aliphatic hydroxyl groups is 1. The van der Waals surface area contributed by atoms with Crippen LogP contribution in [0, 0.1) is 0 Å². The smallest absolute Gasteiger partial charge is 0.215 e. The van der Waals surface area contributed by atoms with Crippen LogP contribution in [0.1, 0.15) is 25.7 Å². The van der Waals surface area contributed by atoms with Crippen molar-refractivity contribution in [3.05, 3.63) is 18.3 Å². The number of aliphatic hydroxyl groups excluding tert-OH is 1. The summed E-state index contributed by atoms with van der Waals surface area (Å²) in [5, 5.41) is 12.8. The molecule has 0 spiro atoms. The van der Waals surface area contributed by atoms with Crippen molar-refractivity contribution >= 4 is 18.1 Å². The van der Waals surface area contributed by atoms with Crippen LogP contribution in [-0.2, 0) is 0 Å². The van der Waals surface area contributed by atoms with Gasteiger partial charge in [-0.2, -0.15) is 0 Å². The Kier molecular flexibility index (Phi) is 4.24. The van der Waals surface area contributed by atoms with Crippen LogP contribution in [0.4, 0.5) is 5.69 Å². The zero-order valence-electron chi connectivity index (χ0n) is 11.9. The highest BCUT2D eigenvalue weighted by atomic mass is 35.5. The summed E-state index contributed by atoms with van der Waals surface area (Å²) in [7, 11) is 0. The number of anilines is 1. The molecule has 2 aliphatic heterocycles. The first-order valence-electron chi connectivity index (χ1n) is 7.59. The van der Waals surface area contributed by atoms with E-state index in [0.29, 0.717) is 18.0 Å². The standard InChI is InChI=1S/C15H21N3O2.ClH/c19-13-6-14(7-13)20-15-5-10(3-4-17-15)18-11-1-2-12(18)9-16-8-11;/h3-5,11-14,16,19H,1-2,6-9H2;1H/t11-,12?,13?,14?;/m0./s1. The monoisotopic (exact) mass is 311 g/mol. The lowest BCUT2D eigenvalue weighted by atomic mass is 9.92. The average Bonchev–Trinajstić information content (AvgIpc) is 2.67. The van der Waals surface area contributed by atoms with Crippen molar-refractivity contribution in [2.45, 2.75) is 50.0 Å². The molecule has 3 aliphatic rings. The van der Waals surface area contributed by atoms with E-state index >= 15 is 0 Å². The molecule has 1 unspecified atom stereocenters. The number of rotatable bonds is 3. The van der Waals surface area contributed by atoms with Gasteiger partial charge >= 0.3 is 0 Å². The minimum atomic E-state index is -0.188. The van der Waals surface area contributed by atoms with Crippen molar-refractivity contribution in [3.8, 4) is 5.88 Å². The van der Waals surface area contributed by atoms with Crippen LogP contribution in [0.2, 0.25) is 0 Å². The molecule has 1 aliphatic carbocycles. The highest BCUT2D eigenvalue weighted by molar-refractivity contribution is 5.85. The SMILES string of the molecule is Cl.OC1CC(Oc2cc(N3C4CC[C@H]3CNC4)ccn2)C1. The van der Waals surface area contributed by atoms with Crippen LogP contribution >= 0.6 is 12.4 Å². The molecule has 1 aromatic heterocycles. The molecule has 2 N–H and O–H groups in total. The second-order valence-corrected chi connectivity index (χ2v) is 6.17. The predicted octanol–water partition coefficient (Wildman–Crippen LogP) is 1.35. The first kappa shape index (κ1) is 14.9. The zero-order valence-corrected chi connectivity index (χ0v) is 12.8. The fourth-order valence-corrected chi connectivity index (χ4v) is 3.63. The van der Waals surface area contributed by atoms with Gasteiger partial charge in [0.1, 0.15) is 6.10 Å². The highest BCUT2D eigenvalue weighted by Gasteiger charge is 2.36. The number of hydrogen-bond acceptors (Lipinski definition) is 5. The number of ether oxygens (including phenoxy) is 1. The number of aromatic nitrogens is 1. The Balaban J connectivity index is 0.00000132. The van der Waals surface area contributed by atoms with E-state index in [4.69, 9.17) is 4.74 Å². The summed E-state index contributed by atoms with van der Waals surface area (Å²) in [6.07, 6.45) is 5.77. The molecule has 3 fully saturated rings. The Morgan fingerprint density at radius 2 is 1.95 bits per heavy atom. The van der Waals surface area contributed by atoms with Gasteiger partial charge in [0.15, 0.2) is 0 Å². The lowest BCUT2D eigenvalue weighted by Crippen LogP contribution is -2.52. The van der Waals surface area contributed by atoms with E-state index < -0.39 is 0 Å². The van der Waals surface area contributed by atoms with Gasteiger partial charge in [-0.15, -0.1) is 12.4 Å². The molecule has 0 amide bonds. The van der Waals surface area contributed by atoms with E-state index in [9.17, 15) is 5.11 Å². The molecule has 2 saturated heterocycles. The molecule has 3 heterocycles. The third kappa shape index (κ3) is 2.82. The molecular weight excluding hydrogens is 290 g/mol. The van der Waals surface area contributed by atoms with Crippen molar-refractivity contribution in [2.24, 2.45) is 0 Å². The highest BCUT2D eigenvalue weighted by Crippen LogP contribution is 2.34. The van der Waals surface area contributed by atoms with Crippen LogP contribution in [0.25, 0.3) is 0 Å². The van der Waals surface area contributed by atoms with Gasteiger partial charge in [-0.25, -0.2) is 4.98 Å². The number of fused-ring (bicyclic) bond motifs is 2. The molecule has 2 atom stereocenters. The Labute approximate surface area is 131 Å². The minimum absolute atomic E-state index is 0. The molecule has 4 rings (SSSR count). The zero-order chi connectivity index (χ0) is 13.5. The maximum atomic E-state index is 9.32. The van der Waals surface area contributed by atoms with Gasteiger partial charge in [0.05, 0.1) is 6.10 Å². The lowest BCUT2D eigenvalue weighted by molar-refractivity contribution is -0.0128. The summed E-state index contributed by atoms with van der Waals surface area (Å²) < 4.78 is 5.83. The first-order valence-corrected chi connectivity index (χ1v) is 7.59. The maximum absolute atomic E-state index is 9.32. The van der Waals surface area contributed by atoms with Gasteiger partial charge < -0.3 is 20.1 Å². The van der Waals surface area contributed by atoms with Gasteiger partial charge in [0, 0.05) is 56.0 Å².